The molecule has 0 amide bonds. The smallest absolute Gasteiger partial charge is 0.325 e. The van der Waals surface area contributed by atoms with Crippen molar-refractivity contribution < 1.29 is 24.5 Å². The lowest BCUT2D eigenvalue weighted by Crippen LogP contribution is -2.47. The minimum atomic E-state index is -0.903. The molecule has 1 aliphatic rings. The summed E-state index contributed by atoms with van der Waals surface area (Å²) in [5.41, 5.74) is 1.48. The van der Waals surface area contributed by atoms with Crippen LogP contribution < -0.4 is 4.74 Å². The number of benzene rings is 1. The number of aromatic nitrogens is 1. The van der Waals surface area contributed by atoms with Crippen molar-refractivity contribution in [2.45, 2.75) is 19.0 Å². The zero-order chi connectivity index (χ0) is 19.6. The molecule has 1 aliphatic heterocycles. The summed E-state index contributed by atoms with van der Waals surface area (Å²) in [5.74, 6) is -1.15. The lowest BCUT2D eigenvalue weighted by Gasteiger charge is -2.36. The summed E-state index contributed by atoms with van der Waals surface area (Å²) in [4.78, 5) is 27.3. The second-order valence-electron chi connectivity index (χ2n) is 6.88. The van der Waals surface area contributed by atoms with Gasteiger partial charge in [0.1, 0.15) is 11.8 Å². The summed E-state index contributed by atoms with van der Waals surface area (Å²) in [6, 6.07) is 4.70. The number of rotatable bonds is 7. The molecule has 27 heavy (non-hydrogen) atoms. The van der Waals surface area contributed by atoms with E-state index in [-0.39, 0.29) is 13.0 Å². The Labute approximate surface area is 157 Å². The monoisotopic (exact) mass is 375 g/mol. The molecule has 1 aromatic carbocycles. The van der Waals surface area contributed by atoms with Crippen LogP contribution in [-0.4, -0.2) is 76.9 Å². The van der Waals surface area contributed by atoms with Crippen LogP contribution in [0, 0.1) is 0 Å². The van der Waals surface area contributed by atoms with E-state index in [1.54, 1.807) is 19.4 Å². The van der Waals surface area contributed by atoms with Crippen LogP contribution in [0.25, 0.3) is 10.9 Å². The standard InChI is InChI=1S/C19H25N3O5/c1-20-7-9-21(10-8-20)18(19(25)26)15-12-22(6-5-17(23)24)16-4-3-13(27-2)11-14(15)16/h3-4,11-12,18H,5-10H2,1-2H3,(H,23,24)(H,25,26)/t18-/m0/s1. The summed E-state index contributed by atoms with van der Waals surface area (Å²) >= 11 is 0. The molecule has 0 radical (unpaired) electrons. The first kappa shape index (κ1) is 19.2. The maximum atomic E-state index is 12.2. The van der Waals surface area contributed by atoms with Gasteiger partial charge in [0.2, 0.25) is 0 Å². The van der Waals surface area contributed by atoms with E-state index < -0.39 is 18.0 Å². The third-order valence-corrected chi connectivity index (χ3v) is 5.12. The maximum absolute atomic E-state index is 12.2. The highest BCUT2D eigenvalue weighted by atomic mass is 16.5. The number of methoxy groups -OCH3 is 1. The van der Waals surface area contributed by atoms with Crippen LogP contribution in [0.2, 0.25) is 0 Å². The van der Waals surface area contributed by atoms with E-state index in [0.29, 0.717) is 24.4 Å². The Morgan fingerprint density at radius 1 is 1.19 bits per heavy atom. The fraction of sp³-hybridized carbons (Fsp3) is 0.474. The second kappa shape index (κ2) is 7.98. The van der Waals surface area contributed by atoms with E-state index in [9.17, 15) is 14.7 Å². The minimum Gasteiger partial charge on any atom is -0.497 e. The molecular weight excluding hydrogens is 350 g/mol. The normalized spacial score (nSPS) is 17.1. The average molecular weight is 375 g/mol. The largest absolute Gasteiger partial charge is 0.497 e. The van der Waals surface area contributed by atoms with Crippen LogP contribution in [0.5, 0.6) is 5.75 Å². The number of carboxylic acid groups (broad SMARTS) is 2. The Hall–Kier alpha value is -2.58. The van der Waals surface area contributed by atoms with Gasteiger partial charge in [-0.3, -0.25) is 14.5 Å². The number of likely N-dealkylation sites (N-methyl/N-ethyl adjacent to an activating group) is 1. The van der Waals surface area contributed by atoms with Crippen molar-refractivity contribution >= 4 is 22.8 Å². The molecule has 2 aromatic rings. The van der Waals surface area contributed by atoms with Crippen molar-refractivity contribution in [3.05, 3.63) is 30.0 Å². The zero-order valence-corrected chi connectivity index (χ0v) is 15.6. The average Bonchev–Trinajstić information content (AvgIpc) is 2.99. The topological polar surface area (TPSA) is 95.2 Å². The van der Waals surface area contributed by atoms with Crippen LogP contribution in [0.15, 0.2) is 24.4 Å². The van der Waals surface area contributed by atoms with Gasteiger partial charge < -0.3 is 24.4 Å². The molecular formula is C19H25N3O5. The molecule has 0 spiro atoms. The number of ether oxygens (including phenoxy) is 1. The highest BCUT2D eigenvalue weighted by Crippen LogP contribution is 2.33. The Bertz CT molecular complexity index is 839. The number of nitrogens with zero attached hydrogens (tertiary/aromatic N) is 3. The molecule has 0 bridgehead atoms. The Kier molecular flexibility index (Phi) is 5.67. The molecule has 2 heterocycles. The lowest BCUT2D eigenvalue weighted by molar-refractivity contribution is -0.144. The summed E-state index contributed by atoms with van der Waals surface area (Å²) < 4.78 is 7.14. The van der Waals surface area contributed by atoms with Crippen molar-refractivity contribution in [1.82, 2.24) is 14.4 Å². The van der Waals surface area contributed by atoms with Crippen LogP contribution in [0.4, 0.5) is 0 Å². The van der Waals surface area contributed by atoms with Crippen molar-refractivity contribution in [3.63, 3.8) is 0 Å². The maximum Gasteiger partial charge on any atom is 0.325 e. The Morgan fingerprint density at radius 3 is 2.48 bits per heavy atom. The second-order valence-corrected chi connectivity index (χ2v) is 6.88. The molecule has 3 rings (SSSR count). The molecule has 1 fully saturated rings. The number of hydrogen-bond acceptors (Lipinski definition) is 5. The summed E-state index contributed by atoms with van der Waals surface area (Å²) in [7, 11) is 3.59. The van der Waals surface area contributed by atoms with Gasteiger partial charge >= 0.3 is 11.9 Å². The quantitative estimate of drug-likeness (QED) is 0.757. The van der Waals surface area contributed by atoms with Crippen LogP contribution >= 0.6 is 0 Å². The summed E-state index contributed by atoms with van der Waals surface area (Å²) in [6.45, 7) is 3.24. The van der Waals surface area contributed by atoms with Gasteiger partial charge in [0.25, 0.3) is 0 Å². The first-order valence-corrected chi connectivity index (χ1v) is 8.94. The Balaban J connectivity index is 2.06. The number of fused-ring (bicyclic) bond motifs is 1. The predicted molar refractivity (Wildman–Crippen MR) is 100 cm³/mol. The molecule has 1 atom stereocenters. The van der Waals surface area contributed by atoms with Crippen LogP contribution in [0.1, 0.15) is 18.0 Å². The number of aliphatic carboxylic acids is 2. The van der Waals surface area contributed by atoms with Gasteiger partial charge in [0, 0.05) is 55.4 Å². The van der Waals surface area contributed by atoms with Crippen molar-refractivity contribution in [2.75, 3.05) is 40.3 Å². The van der Waals surface area contributed by atoms with Gasteiger partial charge in [-0.2, -0.15) is 0 Å². The highest BCUT2D eigenvalue weighted by molar-refractivity contribution is 5.90. The fourth-order valence-corrected chi connectivity index (χ4v) is 3.62. The molecule has 1 aromatic heterocycles. The molecule has 1 saturated heterocycles. The van der Waals surface area contributed by atoms with Crippen LogP contribution in [-0.2, 0) is 16.1 Å². The first-order chi connectivity index (χ1) is 12.9. The molecule has 0 saturated carbocycles. The van der Waals surface area contributed by atoms with Gasteiger partial charge in [-0.1, -0.05) is 0 Å². The van der Waals surface area contributed by atoms with E-state index in [1.807, 2.05) is 28.6 Å². The van der Waals surface area contributed by atoms with Crippen molar-refractivity contribution in [3.8, 4) is 5.75 Å². The number of hydrogen-bond donors (Lipinski definition) is 2. The Morgan fingerprint density at radius 2 is 1.89 bits per heavy atom. The zero-order valence-electron chi connectivity index (χ0n) is 15.6. The SMILES string of the molecule is COc1ccc2c(c1)c([C@@H](C(=O)O)N1CCN(C)CC1)cn2CCC(=O)O. The van der Waals surface area contributed by atoms with E-state index in [1.165, 1.54) is 0 Å². The third kappa shape index (κ3) is 4.06. The van der Waals surface area contributed by atoms with E-state index >= 15 is 0 Å². The van der Waals surface area contributed by atoms with Gasteiger partial charge in [-0.05, 0) is 25.2 Å². The van der Waals surface area contributed by atoms with Crippen molar-refractivity contribution in [1.29, 1.82) is 0 Å². The van der Waals surface area contributed by atoms with Gasteiger partial charge in [-0.15, -0.1) is 0 Å². The first-order valence-electron chi connectivity index (χ1n) is 8.94. The molecule has 8 nitrogen and oxygen atoms in total. The highest BCUT2D eigenvalue weighted by Gasteiger charge is 2.32. The summed E-state index contributed by atoms with van der Waals surface area (Å²) in [5, 5.41) is 19.8. The lowest BCUT2D eigenvalue weighted by atomic mass is 10.0. The fourth-order valence-electron chi connectivity index (χ4n) is 3.62. The summed E-state index contributed by atoms with van der Waals surface area (Å²) in [6.07, 6.45) is 1.76. The number of aryl methyl sites for hydroxylation is 1. The van der Waals surface area contributed by atoms with E-state index in [0.717, 1.165) is 24.0 Å². The van der Waals surface area contributed by atoms with Crippen LogP contribution in [0.3, 0.4) is 0 Å². The molecule has 2 N–H and O–H groups in total. The van der Waals surface area contributed by atoms with Crippen molar-refractivity contribution in [2.24, 2.45) is 0 Å². The third-order valence-electron chi connectivity index (χ3n) is 5.12. The van der Waals surface area contributed by atoms with Gasteiger partial charge in [0.05, 0.1) is 13.5 Å². The van der Waals surface area contributed by atoms with Gasteiger partial charge in [0.15, 0.2) is 0 Å². The molecule has 8 heteroatoms. The number of carboxylic acids is 2. The molecule has 146 valence electrons. The van der Waals surface area contributed by atoms with Gasteiger partial charge in [-0.25, -0.2) is 0 Å². The number of piperazine rings is 1. The number of carbonyl (C=O) groups is 2. The van der Waals surface area contributed by atoms with E-state index in [2.05, 4.69) is 4.90 Å². The molecule has 0 unspecified atom stereocenters. The molecule has 0 aliphatic carbocycles. The minimum absolute atomic E-state index is 0.0263. The van der Waals surface area contributed by atoms with E-state index in [4.69, 9.17) is 9.84 Å². The predicted octanol–water partition coefficient (Wildman–Crippen LogP) is 1.50.